The lowest BCUT2D eigenvalue weighted by molar-refractivity contribution is 0.0179. The van der Waals surface area contributed by atoms with E-state index in [2.05, 4.69) is 36.4 Å². The van der Waals surface area contributed by atoms with Crippen LogP contribution in [0.4, 0.5) is 0 Å². The van der Waals surface area contributed by atoms with Crippen molar-refractivity contribution in [2.24, 2.45) is 5.73 Å². The standard InChI is InChI=1S/C21H21NO/c22-16-17-23-21(18-10-4-1-5-11-18,19-12-6-2-7-13-19)20-14-8-3-9-15-20/h1-15H,16-17,22H2. The normalized spacial score (nSPS) is 11.3. The lowest BCUT2D eigenvalue weighted by Gasteiger charge is -2.35. The Morgan fingerprint density at radius 2 is 0.957 bits per heavy atom. The van der Waals surface area contributed by atoms with Gasteiger partial charge >= 0.3 is 0 Å². The Labute approximate surface area is 137 Å². The summed E-state index contributed by atoms with van der Waals surface area (Å²) in [6, 6.07) is 31.0. The van der Waals surface area contributed by atoms with Crippen molar-refractivity contribution in [1.82, 2.24) is 0 Å². The maximum absolute atomic E-state index is 6.41. The van der Waals surface area contributed by atoms with E-state index in [1.807, 2.05) is 54.6 Å². The zero-order valence-electron chi connectivity index (χ0n) is 13.1. The molecule has 2 heteroatoms. The number of benzene rings is 3. The molecule has 2 nitrogen and oxygen atoms in total. The highest BCUT2D eigenvalue weighted by Crippen LogP contribution is 2.40. The molecule has 3 rings (SSSR count). The van der Waals surface area contributed by atoms with Crippen molar-refractivity contribution in [3.8, 4) is 0 Å². The van der Waals surface area contributed by atoms with E-state index in [0.29, 0.717) is 13.2 Å². The molecule has 0 aromatic heterocycles. The zero-order valence-corrected chi connectivity index (χ0v) is 13.1. The highest BCUT2D eigenvalue weighted by molar-refractivity contribution is 5.47. The number of hydrogen-bond acceptors (Lipinski definition) is 2. The molecule has 0 fully saturated rings. The third-order valence-electron chi connectivity index (χ3n) is 3.98. The largest absolute Gasteiger partial charge is 0.360 e. The van der Waals surface area contributed by atoms with Gasteiger partial charge in [-0.1, -0.05) is 91.0 Å². The lowest BCUT2D eigenvalue weighted by Crippen LogP contribution is -2.34. The summed E-state index contributed by atoms with van der Waals surface area (Å²) in [6.45, 7) is 0.965. The molecule has 0 unspecified atom stereocenters. The topological polar surface area (TPSA) is 35.2 Å². The van der Waals surface area contributed by atoms with E-state index in [9.17, 15) is 0 Å². The molecule has 0 saturated carbocycles. The molecule has 0 heterocycles. The Morgan fingerprint density at radius 1 is 0.609 bits per heavy atom. The molecule has 0 radical (unpaired) electrons. The molecule has 23 heavy (non-hydrogen) atoms. The molecule has 0 atom stereocenters. The van der Waals surface area contributed by atoms with Crippen molar-refractivity contribution >= 4 is 0 Å². The monoisotopic (exact) mass is 303 g/mol. The first-order valence-corrected chi connectivity index (χ1v) is 7.88. The summed E-state index contributed by atoms with van der Waals surface area (Å²) in [5, 5.41) is 0. The third kappa shape index (κ3) is 3.04. The van der Waals surface area contributed by atoms with Gasteiger partial charge < -0.3 is 10.5 Å². The molecule has 116 valence electrons. The van der Waals surface area contributed by atoms with Crippen molar-refractivity contribution in [3.63, 3.8) is 0 Å². The van der Waals surface area contributed by atoms with Crippen molar-refractivity contribution in [3.05, 3.63) is 108 Å². The van der Waals surface area contributed by atoms with Crippen LogP contribution in [0.3, 0.4) is 0 Å². The first kappa shape index (κ1) is 15.5. The van der Waals surface area contributed by atoms with E-state index in [0.717, 1.165) is 16.7 Å². The van der Waals surface area contributed by atoms with Gasteiger partial charge in [0.05, 0.1) is 6.61 Å². The van der Waals surface area contributed by atoms with E-state index in [-0.39, 0.29) is 0 Å². The minimum absolute atomic E-state index is 0.480. The minimum Gasteiger partial charge on any atom is -0.360 e. The minimum atomic E-state index is -0.650. The van der Waals surface area contributed by atoms with Gasteiger partial charge in [0.2, 0.25) is 0 Å². The predicted octanol–water partition coefficient (Wildman–Crippen LogP) is 3.95. The van der Waals surface area contributed by atoms with Crippen LogP contribution in [0, 0.1) is 0 Å². The van der Waals surface area contributed by atoms with E-state index >= 15 is 0 Å². The van der Waals surface area contributed by atoms with Crippen LogP contribution in [0.2, 0.25) is 0 Å². The number of nitrogens with two attached hydrogens (primary N) is 1. The average Bonchev–Trinajstić information content (AvgIpc) is 2.65. The highest BCUT2D eigenvalue weighted by Gasteiger charge is 2.37. The molecule has 0 aliphatic rings. The molecule has 0 spiro atoms. The van der Waals surface area contributed by atoms with E-state index in [1.165, 1.54) is 0 Å². The number of rotatable bonds is 6. The lowest BCUT2D eigenvalue weighted by atomic mass is 9.80. The van der Waals surface area contributed by atoms with Crippen LogP contribution in [-0.2, 0) is 10.3 Å². The smallest absolute Gasteiger partial charge is 0.143 e. The van der Waals surface area contributed by atoms with E-state index < -0.39 is 5.60 Å². The van der Waals surface area contributed by atoms with E-state index in [4.69, 9.17) is 10.5 Å². The molecule has 0 aliphatic carbocycles. The van der Waals surface area contributed by atoms with Crippen LogP contribution in [0.1, 0.15) is 16.7 Å². The fourth-order valence-corrected chi connectivity index (χ4v) is 2.98. The second-order valence-corrected chi connectivity index (χ2v) is 5.42. The van der Waals surface area contributed by atoms with Gasteiger partial charge in [-0.15, -0.1) is 0 Å². The molecule has 0 saturated heterocycles. The number of hydrogen-bond donors (Lipinski definition) is 1. The quantitative estimate of drug-likeness (QED) is 0.700. The summed E-state index contributed by atoms with van der Waals surface area (Å²) in [5.41, 5.74) is 8.40. The second-order valence-electron chi connectivity index (χ2n) is 5.42. The molecule has 0 amide bonds. The van der Waals surface area contributed by atoms with Gasteiger partial charge in [0.25, 0.3) is 0 Å². The van der Waals surface area contributed by atoms with Crippen molar-refractivity contribution in [2.45, 2.75) is 5.60 Å². The zero-order chi connectivity index (χ0) is 16.0. The predicted molar refractivity (Wildman–Crippen MR) is 94.2 cm³/mol. The molecule has 2 N–H and O–H groups in total. The van der Waals surface area contributed by atoms with Crippen molar-refractivity contribution in [2.75, 3.05) is 13.2 Å². The Hall–Kier alpha value is -2.42. The Morgan fingerprint density at radius 3 is 1.26 bits per heavy atom. The fraction of sp³-hybridized carbons (Fsp3) is 0.143. The van der Waals surface area contributed by atoms with Gasteiger partial charge in [0.15, 0.2) is 0 Å². The summed E-state index contributed by atoms with van der Waals surface area (Å²) >= 11 is 0. The van der Waals surface area contributed by atoms with Crippen molar-refractivity contribution in [1.29, 1.82) is 0 Å². The number of ether oxygens (including phenoxy) is 1. The van der Waals surface area contributed by atoms with Crippen LogP contribution in [0.5, 0.6) is 0 Å². The maximum atomic E-state index is 6.41. The summed E-state index contributed by atoms with van der Waals surface area (Å²) in [6.07, 6.45) is 0. The summed E-state index contributed by atoms with van der Waals surface area (Å²) in [4.78, 5) is 0. The highest BCUT2D eigenvalue weighted by atomic mass is 16.5. The van der Waals surface area contributed by atoms with Crippen LogP contribution >= 0.6 is 0 Å². The fourth-order valence-electron chi connectivity index (χ4n) is 2.98. The Bertz CT molecular complexity index is 614. The molecular weight excluding hydrogens is 282 g/mol. The molecular formula is C21H21NO. The SMILES string of the molecule is NCCOC(c1ccccc1)(c1ccccc1)c1ccccc1. The van der Waals surface area contributed by atoms with Crippen LogP contribution in [-0.4, -0.2) is 13.2 Å². The second kappa shape index (κ2) is 7.23. The van der Waals surface area contributed by atoms with Crippen LogP contribution < -0.4 is 5.73 Å². The van der Waals surface area contributed by atoms with Gasteiger partial charge in [-0.05, 0) is 16.7 Å². The molecule has 0 aliphatic heterocycles. The molecule has 3 aromatic rings. The van der Waals surface area contributed by atoms with Crippen LogP contribution in [0.15, 0.2) is 91.0 Å². The van der Waals surface area contributed by atoms with Crippen molar-refractivity contribution < 1.29 is 4.74 Å². The summed E-state index contributed by atoms with van der Waals surface area (Å²) < 4.78 is 6.41. The average molecular weight is 303 g/mol. The van der Waals surface area contributed by atoms with Gasteiger partial charge in [0, 0.05) is 6.54 Å². The van der Waals surface area contributed by atoms with Gasteiger partial charge in [-0.3, -0.25) is 0 Å². The van der Waals surface area contributed by atoms with Gasteiger partial charge in [-0.2, -0.15) is 0 Å². The molecule has 0 bridgehead atoms. The van der Waals surface area contributed by atoms with E-state index in [1.54, 1.807) is 0 Å². The maximum Gasteiger partial charge on any atom is 0.143 e. The van der Waals surface area contributed by atoms with Gasteiger partial charge in [-0.25, -0.2) is 0 Å². The van der Waals surface area contributed by atoms with Crippen LogP contribution in [0.25, 0.3) is 0 Å². The first-order valence-electron chi connectivity index (χ1n) is 7.88. The summed E-state index contributed by atoms with van der Waals surface area (Å²) in [7, 11) is 0. The molecule has 3 aromatic carbocycles. The third-order valence-corrected chi connectivity index (χ3v) is 3.98. The first-order chi connectivity index (χ1) is 11.4. The van der Waals surface area contributed by atoms with Gasteiger partial charge in [0.1, 0.15) is 5.60 Å². The Balaban J connectivity index is 2.25. The summed E-state index contributed by atoms with van der Waals surface area (Å²) in [5.74, 6) is 0. The Kier molecular flexibility index (Phi) is 4.86.